The second-order valence-electron chi connectivity index (χ2n) is 4.85. The van der Waals surface area contributed by atoms with Gasteiger partial charge in [0.05, 0.1) is 12.8 Å². The Hall–Kier alpha value is -2.45. The van der Waals surface area contributed by atoms with Crippen LogP contribution in [0.15, 0.2) is 44.1 Å². The molecule has 0 spiro atoms. The second-order valence-corrected chi connectivity index (χ2v) is 5.63. The van der Waals surface area contributed by atoms with E-state index < -0.39 is 6.10 Å². The van der Waals surface area contributed by atoms with Gasteiger partial charge >= 0.3 is 0 Å². The standard InChI is InChI=1S/C15H15N3O4S/c19-11(12-2-1-6-21-12)8-16-13(20)3-4-14-17-18-15(22-14)10-5-7-23-9-10/h1-2,5-7,9,11,19H,3-4,8H2,(H,16,20). The molecule has 0 saturated carbocycles. The molecule has 0 fully saturated rings. The maximum Gasteiger partial charge on any atom is 0.248 e. The Morgan fingerprint density at radius 2 is 2.30 bits per heavy atom. The molecule has 120 valence electrons. The topological polar surface area (TPSA) is 101 Å². The minimum absolute atomic E-state index is 0.0936. The summed E-state index contributed by atoms with van der Waals surface area (Å²) in [5.41, 5.74) is 0.875. The highest BCUT2D eigenvalue weighted by Crippen LogP contribution is 2.20. The Labute approximate surface area is 136 Å². The van der Waals surface area contributed by atoms with Gasteiger partial charge in [0.15, 0.2) is 0 Å². The molecule has 0 aromatic carbocycles. The molecule has 0 aliphatic carbocycles. The SMILES string of the molecule is O=C(CCc1nnc(-c2ccsc2)o1)NCC(O)c1ccco1. The van der Waals surface area contributed by atoms with E-state index in [1.54, 1.807) is 23.5 Å². The van der Waals surface area contributed by atoms with Crippen molar-refractivity contribution in [2.75, 3.05) is 6.54 Å². The largest absolute Gasteiger partial charge is 0.467 e. The van der Waals surface area contributed by atoms with Gasteiger partial charge in [-0.05, 0) is 23.6 Å². The third-order valence-electron chi connectivity index (χ3n) is 3.17. The summed E-state index contributed by atoms with van der Waals surface area (Å²) in [6, 6.07) is 5.23. The number of thiophene rings is 1. The summed E-state index contributed by atoms with van der Waals surface area (Å²) in [6.45, 7) is 0.0936. The molecule has 0 radical (unpaired) electrons. The fourth-order valence-electron chi connectivity index (χ4n) is 1.96. The summed E-state index contributed by atoms with van der Waals surface area (Å²) in [6.07, 6.45) is 1.17. The molecule has 8 heteroatoms. The molecule has 0 bridgehead atoms. The summed E-state index contributed by atoms with van der Waals surface area (Å²) in [7, 11) is 0. The number of nitrogens with zero attached hydrogens (tertiary/aromatic N) is 2. The van der Waals surface area contributed by atoms with Crippen LogP contribution < -0.4 is 5.32 Å². The number of hydrogen-bond acceptors (Lipinski definition) is 7. The molecule has 0 saturated heterocycles. The van der Waals surface area contributed by atoms with Gasteiger partial charge in [0.1, 0.15) is 11.9 Å². The summed E-state index contributed by atoms with van der Waals surface area (Å²) in [5.74, 6) is 1.08. The lowest BCUT2D eigenvalue weighted by atomic mass is 10.2. The van der Waals surface area contributed by atoms with Crippen LogP contribution >= 0.6 is 11.3 Å². The summed E-state index contributed by atoms with van der Waals surface area (Å²) in [4.78, 5) is 11.8. The van der Waals surface area contributed by atoms with Crippen molar-refractivity contribution in [2.24, 2.45) is 0 Å². The van der Waals surface area contributed by atoms with Gasteiger partial charge in [-0.25, -0.2) is 0 Å². The first-order valence-corrected chi connectivity index (χ1v) is 8.00. The number of nitrogens with one attached hydrogen (secondary N) is 1. The van der Waals surface area contributed by atoms with Gasteiger partial charge in [0.2, 0.25) is 17.7 Å². The van der Waals surface area contributed by atoms with Crippen LogP contribution in [0.25, 0.3) is 11.5 Å². The van der Waals surface area contributed by atoms with Crippen LogP contribution in [0.5, 0.6) is 0 Å². The average Bonchev–Trinajstić information content (AvgIpc) is 3.32. The molecule has 1 amide bonds. The van der Waals surface area contributed by atoms with Gasteiger partial charge < -0.3 is 19.3 Å². The fourth-order valence-corrected chi connectivity index (χ4v) is 2.59. The molecule has 23 heavy (non-hydrogen) atoms. The quantitative estimate of drug-likeness (QED) is 0.687. The molecule has 3 aromatic rings. The number of hydrogen-bond donors (Lipinski definition) is 2. The third-order valence-corrected chi connectivity index (χ3v) is 3.85. The number of carbonyl (C=O) groups is 1. The van der Waals surface area contributed by atoms with Crippen molar-refractivity contribution in [3.63, 3.8) is 0 Å². The molecule has 0 aliphatic heterocycles. The van der Waals surface area contributed by atoms with Crippen molar-refractivity contribution >= 4 is 17.2 Å². The predicted octanol–water partition coefficient (Wildman–Crippen LogP) is 2.17. The lowest BCUT2D eigenvalue weighted by molar-refractivity contribution is -0.121. The molecular formula is C15H15N3O4S. The summed E-state index contributed by atoms with van der Waals surface area (Å²) in [5, 5.41) is 24.2. The van der Waals surface area contributed by atoms with E-state index in [2.05, 4.69) is 15.5 Å². The van der Waals surface area contributed by atoms with Crippen LogP contribution in [0.3, 0.4) is 0 Å². The monoisotopic (exact) mass is 333 g/mol. The number of aryl methyl sites for hydroxylation is 1. The molecule has 3 aromatic heterocycles. The van der Waals surface area contributed by atoms with Crippen molar-refractivity contribution in [1.29, 1.82) is 0 Å². The number of amides is 1. The zero-order valence-corrected chi connectivity index (χ0v) is 13.0. The molecule has 3 rings (SSSR count). The van der Waals surface area contributed by atoms with Crippen molar-refractivity contribution in [3.05, 3.63) is 46.9 Å². The first-order valence-electron chi connectivity index (χ1n) is 7.05. The van der Waals surface area contributed by atoms with Gasteiger partial charge in [-0.1, -0.05) is 0 Å². The minimum atomic E-state index is -0.859. The number of aliphatic hydroxyl groups excluding tert-OH is 1. The van der Waals surface area contributed by atoms with Crippen LogP contribution in [0.4, 0.5) is 0 Å². The van der Waals surface area contributed by atoms with Gasteiger partial charge in [-0.2, -0.15) is 11.3 Å². The Morgan fingerprint density at radius 1 is 1.39 bits per heavy atom. The van der Waals surface area contributed by atoms with Gasteiger partial charge in [-0.3, -0.25) is 4.79 Å². The average molecular weight is 333 g/mol. The van der Waals surface area contributed by atoms with E-state index in [9.17, 15) is 9.90 Å². The lowest BCUT2D eigenvalue weighted by Gasteiger charge is -2.08. The van der Waals surface area contributed by atoms with Gasteiger partial charge in [0.25, 0.3) is 0 Å². The molecule has 7 nitrogen and oxygen atoms in total. The molecule has 1 atom stereocenters. The van der Waals surface area contributed by atoms with E-state index in [0.29, 0.717) is 24.0 Å². The van der Waals surface area contributed by atoms with Crippen LogP contribution in [-0.4, -0.2) is 27.8 Å². The molecule has 0 aliphatic rings. The van der Waals surface area contributed by atoms with Crippen molar-refractivity contribution in [3.8, 4) is 11.5 Å². The highest BCUT2D eigenvalue weighted by Gasteiger charge is 2.13. The van der Waals surface area contributed by atoms with Crippen molar-refractivity contribution < 1.29 is 18.7 Å². The zero-order valence-electron chi connectivity index (χ0n) is 12.1. The van der Waals surface area contributed by atoms with E-state index in [-0.39, 0.29) is 18.9 Å². The van der Waals surface area contributed by atoms with E-state index in [0.717, 1.165) is 5.56 Å². The number of aliphatic hydroxyl groups is 1. The predicted molar refractivity (Wildman–Crippen MR) is 82.6 cm³/mol. The Kier molecular flexibility index (Phi) is 4.84. The van der Waals surface area contributed by atoms with Crippen LogP contribution in [0.2, 0.25) is 0 Å². The van der Waals surface area contributed by atoms with Crippen molar-refractivity contribution in [2.45, 2.75) is 18.9 Å². The second kappa shape index (κ2) is 7.21. The maximum absolute atomic E-state index is 11.8. The van der Waals surface area contributed by atoms with Gasteiger partial charge in [-0.15, -0.1) is 10.2 Å². The van der Waals surface area contributed by atoms with E-state index in [1.807, 2.05) is 16.8 Å². The lowest BCUT2D eigenvalue weighted by Crippen LogP contribution is -2.28. The number of carbonyl (C=O) groups excluding carboxylic acids is 1. The van der Waals surface area contributed by atoms with E-state index in [4.69, 9.17) is 8.83 Å². The number of furan rings is 1. The molecular weight excluding hydrogens is 318 g/mol. The molecule has 2 N–H and O–H groups in total. The van der Waals surface area contributed by atoms with E-state index >= 15 is 0 Å². The molecule has 3 heterocycles. The first kappa shape index (κ1) is 15.4. The minimum Gasteiger partial charge on any atom is -0.467 e. The number of rotatable bonds is 7. The van der Waals surface area contributed by atoms with Crippen molar-refractivity contribution in [1.82, 2.24) is 15.5 Å². The first-order chi connectivity index (χ1) is 11.2. The third kappa shape index (κ3) is 4.05. The summed E-state index contributed by atoms with van der Waals surface area (Å²) >= 11 is 1.55. The highest BCUT2D eigenvalue weighted by atomic mass is 32.1. The van der Waals surface area contributed by atoms with E-state index in [1.165, 1.54) is 6.26 Å². The highest BCUT2D eigenvalue weighted by molar-refractivity contribution is 7.08. The van der Waals surface area contributed by atoms with Crippen LogP contribution in [0, 0.1) is 0 Å². The normalized spacial score (nSPS) is 12.2. The molecule has 1 unspecified atom stereocenters. The van der Waals surface area contributed by atoms with Gasteiger partial charge in [0, 0.05) is 23.8 Å². The number of aromatic nitrogens is 2. The Bertz CT molecular complexity index is 737. The Morgan fingerprint density at radius 3 is 3.04 bits per heavy atom. The Balaban J connectivity index is 1.44. The smallest absolute Gasteiger partial charge is 0.248 e. The van der Waals surface area contributed by atoms with Crippen LogP contribution in [0.1, 0.15) is 24.2 Å². The zero-order chi connectivity index (χ0) is 16.1. The maximum atomic E-state index is 11.8. The van der Waals surface area contributed by atoms with Crippen LogP contribution in [-0.2, 0) is 11.2 Å². The summed E-state index contributed by atoms with van der Waals surface area (Å²) < 4.78 is 10.6. The fraction of sp³-hybridized carbons (Fsp3) is 0.267.